The SMILES string of the molecule is CC(NC(=O)Nc1ccc2[nH]nc(N)c2c1)c1cccc([N+](=O)[O-])c1. The number of fused-ring (bicyclic) bond motifs is 1. The number of H-pyrrole nitrogens is 1. The molecule has 1 heterocycles. The van der Waals surface area contributed by atoms with Gasteiger partial charge in [0, 0.05) is 23.2 Å². The Morgan fingerprint density at radius 1 is 1.32 bits per heavy atom. The zero-order valence-corrected chi connectivity index (χ0v) is 13.3. The van der Waals surface area contributed by atoms with Crippen LogP contribution >= 0.6 is 0 Å². The fraction of sp³-hybridized carbons (Fsp3) is 0.125. The molecule has 5 N–H and O–H groups in total. The first-order valence-electron chi connectivity index (χ1n) is 7.49. The molecule has 0 saturated heterocycles. The number of nitrogens with one attached hydrogen (secondary N) is 3. The van der Waals surface area contributed by atoms with Gasteiger partial charge in [-0.05, 0) is 30.7 Å². The quantitative estimate of drug-likeness (QED) is 0.427. The van der Waals surface area contributed by atoms with Gasteiger partial charge in [-0.2, -0.15) is 5.10 Å². The van der Waals surface area contributed by atoms with Crippen molar-refractivity contribution < 1.29 is 9.72 Å². The lowest BCUT2D eigenvalue weighted by Crippen LogP contribution is -2.31. The number of aromatic nitrogens is 2. The van der Waals surface area contributed by atoms with Crippen molar-refractivity contribution in [2.24, 2.45) is 0 Å². The summed E-state index contributed by atoms with van der Waals surface area (Å²) in [7, 11) is 0. The molecular formula is C16H16N6O3. The molecule has 1 unspecified atom stereocenters. The van der Waals surface area contributed by atoms with E-state index in [2.05, 4.69) is 20.8 Å². The van der Waals surface area contributed by atoms with Crippen LogP contribution in [0.3, 0.4) is 0 Å². The standard InChI is InChI=1S/C16H16N6O3/c1-9(10-3-2-4-12(7-10)22(24)25)18-16(23)19-11-5-6-14-13(8-11)15(17)21-20-14/h2-9H,1H3,(H3,17,20,21)(H2,18,19,23). The molecule has 1 atom stereocenters. The van der Waals surface area contributed by atoms with Crippen LogP contribution in [0.15, 0.2) is 42.5 Å². The van der Waals surface area contributed by atoms with Crippen LogP contribution in [0.1, 0.15) is 18.5 Å². The zero-order chi connectivity index (χ0) is 18.0. The molecule has 2 amide bonds. The number of amides is 2. The number of nitrogens with two attached hydrogens (primary N) is 1. The van der Waals surface area contributed by atoms with Gasteiger partial charge in [0.25, 0.3) is 5.69 Å². The monoisotopic (exact) mass is 340 g/mol. The van der Waals surface area contributed by atoms with Crippen LogP contribution in [0.25, 0.3) is 10.9 Å². The number of urea groups is 1. The van der Waals surface area contributed by atoms with Gasteiger partial charge in [-0.15, -0.1) is 0 Å². The molecule has 0 radical (unpaired) electrons. The van der Waals surface area contributed by atoms with E-state index in [0.29, 0.717) is 22.5 Å². The van der Waals surface area contributed by atoms with Crippen molar-refractivity contribution in [3.63, 3.8) is 0 Å². The minimum absolute atomic E-state index is 0.0209. The van der Waals surface area contributed by atoms with Gasteiger partial charge >= 0.3 is 6.03 Å². The lowest BCUT2D eigenvalue weighted by atomic mass is 10.1. The van der Waals surface area contributed by atoms with Gasteiger partial charge in [0.2, 0.25) is 0 Å². The largest absolute Gasteiger partial charge is 0.382 e. The summed E-state index contributed by atoms with van der Waals surface area (Å²) in [5.74, 6) is 0.351. The second-order valence-corrected chi connectivity index (χ2v) is 5.54. The zero-order valence-electron chi connectivity index (χ0n) is 13.3. The summed E-state index contributed by atoms with van der Waals surface area (Å²) in [5, 5.41) is 23.7. The predicted octanol–water partition coefficient (Wildman–Crippen LogP) is 2.94. The smallest absolute Gasteiger partial charge is 0.319 e. The summed E-state index contributed by atoms with van der Waals surface area (Å²) in [6.45, 7) is 1.75. The molecule has 9 nitrogen and oxygen atoms in total. The lowest BCUT2D eigenvalue weighted by Gasteiger charge is -2.15. The highest BCUT2D eigenvalue weighted by molar-refractivity contribution is 5.95. The number of carbonyl (C=O) groups excluding carboxylic acids is 1. The second-order valence-electron chi connectivity index (χ2n) is 5.54. The molecule has 0 aliphatic heterocycles. The van der Waals surface area contributed by atoms with Crippen LogP contribution in [0.5, 0.6) is 0 Å². The van der Waals surface area contributed by atoms with Gasteiger partial charge < -0.3 is 16.4 Å². The highest BCUT2D eigenvalue weighted by Gasteiger charge is 2.13. The van der Waals surface area contributed by atoms with Gasteiger partial charge in [-0.3, -0.25) is 15.2 Å². The number of nitro groups is 1. The van der Waals surface area contributed by atoms with Gasteiger partial charge in [0.1, 0.15) is 0 Å². The van der Waals surface area contributed by atoms with Crippen molar-refractivity contribution in [1.29, 1.82) is 0 Å². The summed E-state index contributed by atoms with van der Waals surface area (Å²) in [6.07, 6.45) is 0. The molecule has 3 aromatic rings. The topological polar surface area (TPSA) is 139 Å². The molecule has 0 bridgehead atoms. The third kappa shape index (κ3) is 3.50. The number of nitro benzene ring substituents is 1. The molecule has 1 aromatic heterocycles. The van der Waals surface area contributed by atoms with E-state index in [-0.39, 0.29) is 5.69 Å². The maximum atomic E-state index is 12.2. The summed E-state index contributed by atoms with van der Waals surface area (Å²) in [5.41, 5.74) is 7.69. The molecular weight excluding hydrogens is 324 g/mol. The highest BCUT2D eigenvalue weighted by atomic mass is 16.6. The molecule has 128 valence electrons. The Hall–Kier alpha value is -3.62. The van der Waals surface area contributed by atoms with Crippen molar-refractivity contribution in [3.8, 4) is 0 Å². The van der Waals surface area contributed by atoms with Crippen LogP contribution in [0.4, 0.5) is 22.0 Å². The van der Waals surface area contributed by atoms with Crippen LogP contribution < -0.4 is 16.4 Å². The fourth-order valence-corrected chi connectivity index (χ4v) is 2.47. The van der Waals surface area contributed by atoms with Gasteiger partial charge in [0.15, 0.2) is 5.82 Å². The minimum Gasteiger partial charge on any atom is -0.382 e. The van der Waals surface area contributed by atoms with Gasteiger partial charge in [-0.25, -0.2) is 4.79 Å². The Kier molecular flexibility index (Phi) is 4.21. The number of nitrogens with zero attached hydrogens (tertiary/aromatic N) is 2. The van der Waals surface area contributed by atoms with Crippen LogP contribution in [-0.4, -0.2) is 21.2 Å². The third-order valence-electron chi connectivity index (χ3n) is 3.78. The number of anilines is 2. The highest BCUT2D eigenvalue weighted by Crippen LogP contribution is 2.22. The van der Waals surface area contributed by atoms with Crippen LogP contribution in [-0.2, 0) is 0 Å². The fourth-order valence-electron chi connectivity index (χ4n) is 2.47. The molecule has 0 fully saturated rings. The van der Waals surface area contributed by atoms with E-state index in [1.165, 1.54) is 12.1 Å². The Balaban J connectivity index is 1.69. The van der Waals surface area contributed by atoms with Crippen LogP contribution in [0, 0.1) is 10.1 Å². The van der Waals surface area contributed by atoms with Crippen molar-refractivity contribution in [1.82, 2.24) is 15.5 Å². The number of benzene rings is 2. The lowest BCUT2D eigenvalue weighted by molar-refractivity contribution is -0.384. The first kappa shape index (κ1) is 16.2. The maximum Gasteiger partial charge on any atom is 0.319 e. The van der Waals surface area contributed by atoms with Gasteiger partial charge in [0.05, 0.1) is 16.5 Å². The summed E-state index contributed by atoms with van der Waals surface area (Å²) in [6, 6.07) is 10.5. The maximum absolute atomic E-state index is 12.2. The number of rotatable bonds is 4. The van der Waals surface area contributed by atoms with E-state index in [4.69, 9.17) is 5.73 Å². The first-order chi connectivity index (χ1) is 11.9. The number of hydrogen-bond acceptors (Lipinski definition) is 5. The first-order valence-corrected chi connectivity index (χ1v) is 7.49. The summed E-state index contributed by atoms with van der Waals surface area (Å²) in [4.78, 5) is 22.5. The average molecular weight is 340 g/mol. The second kappa shape index (κ2) is 6.48. The van der Waals surface area contributed by atoms with E-state index >= 15 is 0 Å². The number of non-ortho nitro benzene ring substituents is 1. The Morgan fingerprint density at radius 3 is 2.88 bits per heavy atom. The van der Waals surface area contributed by atoms with E-state index in [0.717, 1.165) is 5.52 Å². The van der Waals surface area contributed by atoms with E-state index in [1.807, 2.05) is 0 Å². The van der Waals surface area contributed by atoms with Crippen molar-refractivity contribution in [2.75, 3.05) is 11.1 Å². The average Bonchev–Trinajstić information content (AvgIpc) is 2.95. The Bertz CT molecular complexity index is 952. The minimum atomic E-state index is -0.471. The number of carbonyl (C=O) groups is 1. The Morgan fingerprint density at radius 2 is 2.12 bits per heavy atom. The summed E-state index contributed by atoms with van der Waals surface area (Å²) < 4.78 is 0. The van der Waals surface area contributed by atoms with E-state index < -0.39 is 17.0 Å². The van der Waals surface area contributed by atoms with Crippen molar-refractivity contribution in [3.05, 3.63) is 58.1 Å². The van der Waals surface area contributed by atoms with Gasteiger partial charge in [-0.1, -0.05) is 12.1 Å². The molecule has 2 aromatic carbocycles. The number of nitrogen functional groups attached to an aromatic ring is 1. The van der Waals surface area contributed by atoms with E-state index in [1.54, 1.807) is 37.3 Å². The summed E-state index contributed by atoms with van der Waals surface area (Å²) >= 11 is 0. The molecule has 0 saturated carbocycles. The molecule has 9 heteroatoms. The molecule has 3 rings (SSSR count). The van der Waals surface area contributed by atoms with E-state index in [9.17, 15) is 14.9 Å². The number of aromatic amines is 1. The molecule has 0 spiro atoms. The Labute approximate surface area is 142 Å². The molecule has 0 aliphatic rings. The van der Waals surface area contributed by atoms with Crippen molar-refractivity contribution >= 4 is 34.1 Å². The normalized spacial score (nSPS) is 11.9. The van der Waals surface area contributed by atoms with Crippen molar-refractivity contribution in [2.45, 2.75) is 13.0 Å². The number of hydrogen-bond donors (Lipinski definition) is 4. The molecule has 25 heavy (non-hydrogen) atoms. The predicted molar refractivity (Wildman–Crippen MR) is 94.2 cm³/mol. The third-order valence-corrected chi connectivity index (χ3v) is 3.78. The molecule has 0 aliphatic carbocycles. The van der Waals surface area contributed by atoms with Crippen LogP contribution in [0.2, 0.25) is 0 Å².